The van der Waals surface area contributed by atoms with Crippen molar-refractivity contribution < 1.29 is 0 Å². The van der Waals surface area contributed by atoms with Crippen LogP contribution in [0.25, 0.3) is 0 Å². The van der Waals surface area contributed by atoms with Crippen molar-refractivity contribution >= 4 is 0 Å². The third kappa shape index (κ3) is 3.84. The van der Waals surface area contributed by atoms with E-state index in [1.807, 2.05) is 18.2 Å². The average Bonchev–Trinajstić information content (AvgIpc) is 2.83. The first-order valence-corrected chi connectivity index (χ1v) is 7.95. The summed E-state index contributed by atoms with van der Waals surface area (Å²) in [6.07, 6.45) is 2.23. The van der Waals surface area contributed by atoms with Gasteiger partial charge in [0.15, 0.2) is 0 Å². The Labute approximate surface area is 129 Å². The lowest BCUT2D eigenvalue weighted by atomic mass is 9.90. The molecule has 0 saturated carbocycles. The Kier molecular flexibility index (Phi) is 5.03. The maximum atomic E-state index is 9.91. The molecule has 1 fully saturated rings. The summed E-state index contributed by atoms with van der Waals surface area (Å²) in [6, 6.07) is 12.7. The molecular weight excluding hydrogens is 258 g/mol. The highest BCUT2D eigenvalue weighted by molar-refractivity contribution is 5.32. The number of nitrogens with one attached hydrogen (secondary N) is 1. The van der Waals surface area contributed by atoms with E-state index < -0.39 is 5.54 Å². The maximum absolute atomic E-state index is 9.91. The molecule has 0 spiro atoms. The molecule has 0 bridgehead atoms. The minimum Gasteiger partial charge on any atom is -0.300 e. The van der Waals surface area contributed by atoms with Crippen LogP contribution < -0.4 is 5.32 Å². The van der Waals surface area contributed by atoms with Gasteiger partial charge in [0.05, 0.1) is 6.07 Å². The molecule has 0 aliphatic carbocycles. The lowest BCUT2D eigenvalue weighted by Gasteiger charge is -2.33. The summed E-state index contributed by atoms with van der Waals surface area (Å²) in [4.78, 5) is 2.43. The van der Waals surface area contributed by atoms with E-state index >= 15 is 0 Å². The van der Waals surface area contributed by atoms with E-state index in [4.69, 9.17) is 0 Å². The van der Waals surface area contributed by atoms with E-state index in [0.717, 1.165) is 38.2 Å². The van der Waals surface area contributed by atoms with Gasteiger partial charge in [-0.15, -0.1) is 0 Å². The molecule has 2 rings (SSSR count). The molecule has 114 valence electrons. The number of nitriles is 1. The number of nitrogens with zero attached hydrogens (tertiary/aromatic N) is 2. The van der Waals surface area contributed by atoms with Gasteiger partial charge in [0.1, 0.15) is 5.54 Å². The minimum absolute atomic E-state index is 0.364. The zero-order chi connectivity index (χ0) is 15.3. The summed E-state index contributed by atoms with van der Waals surface area (Å²) >= 11 is 0. The van der Waals surface area contributed by atoms with E-state index in [1.165, 1.54) is 6.42 Å². The van der Waals surface area contributed by atoms with Crippen LogP contribution in [0.4, 0.5) is 0 Å². The molecule has 1 saturated heterocycles. The molecule has 1 N–H and O–H groups in total. The topological polar surface area (TPSA) is 39.1 Å². The largest absolute Gasteiger partial charge is 0.300 e. The van der Waals surface area contributed by atoms with Gasteiger partial charge >= 0.3 is 0 Å². The van der Waals surface area contributed by atoms with Crippen LogP contribution in [0.5, 0.6) is 0 Å². The number of hydrogen-bond donors (Lipinski definition) is 1. The number of benzene rings is 1. The van der Waals surface area contributed by atoms with Gasteiger partial charge in [-0.25, -0.2) is 0 Å². The predicted octanol–water partition coefficient (Wildman–Crippen LogP) is 3.14. The highest BCUT2D eigenvalue weighted by Gasteiger charge is 2.38. The highest BCUT2D eigenvalue weighted by Crippen LogP contribution is 2.31. The molecule has 0 amide bonds. The molecule has 3 nitrogen and oxygen atoms in total. The van der Waals surface area contributed by atoms with E-state index in [-0.39, 0.29) is 0 Å². The first-order chi connectivity index (χ1) is 10.0. The van der Waals surface area contributed by atoms with Crippen LogP contribution in [-0.4, -0.2) is 31.1 Å². The van der Waals surface area contributed by atoms with Gasteiger partial charge < -0.3 is 0 Å². The van der Waals surface area contributed by atoms with Crippen molar-refractivity contribution in [2.24, 2.45) is 5.41 Å². The average molecular weight is 285 g/mol. The molecule has 0 aromatic heterocycles. The molecule has 1 aliphatic rings. The predicted molar refractivity (Wildman–Crippen MR) is 86.9 cm³/mol. The second-order valence-corrected chi connectivity index (χ2v) is 6.93. The number of likely N-dealkylation sites (tertiary alicyclic amines) is 1. The van der Waals surface area contributed by atoms with Gasteiger partial charge in [-0.2, -0.15) is 5.26 Å². The monoisotopic (exact) mass is 285 g/mol. The van der Waals surface area contributed by atoms with E-state index in [9.17, 15) is 5.26 Å². The van der Waals surface area contributed by atoms with Crippen LogP contribution in [0.15, 0.2) is 30.3 Å². The number of hydrogen-bond acceptors (Lipinski definition) is 3. The quantitative estimate of drug-likeness (QED) is 0.872. The molecule has 1 aliphatic heterocycles. The van der Waals surface area contributed by atoms with Crippen molar-refractivity contribution in [1.29, 1.82) is 5.26 Å². The number of rotatable bonds is 6. The smallest absolute Gasteiger partial charge is 0.145 e. The fourth-order valence-electron chi connectivity index (χ4n) is 3.14. The molecule has 1 atom stereocenters. The Hall–Kier alpha value is -1.37. The summed E-state index contributed by atoms with van der Waals surface area (Å²) in [5.74, 6) is 0. The SMILES string of the molecule is CCCNC(C#N)(CN1CCC(C)(C)C1)c1ccccc1. The Bertz CT molecular complexity index is 489. The summed E-state index contributed by atoms with van der Waals surface area (Å²) in [5, 5.41) is 13.4. The standard InChI is InChI=1S/C18H27N3/c1-4-11-20-18(13-19,16-8-6-5-7-9-16)15-21-12-10-17(2,3)14-21/h5-9,20H,4,10-12,14-15H2,1-3H3. The maximum Gasteiger partial charge on any atom is 0.145 e. The zero-order valence-corrected chi connectivity index (χ0v) is 13.5. The second kappa shape index (κ2) is 6.60. The van der Waals surface area contributed by atoms with Gasteiger partial charge in [0.25, 0.3) is 0 Å². The second-order valence-electron chi connectivity index (χ2n) is 6.93. The fraction of sp³-hybridized carbons (Fsp3) is 0.611. The molecule has 1 unspecified atom stereocenters. The first kappa shape index (κ1) is 16.0. The van der Waals surface area contributed by atoms with Crippen molar-refractivity contribution in [3.05, 3.63) is 35.9 Å². The van der Waals surface area contributed by atoms with Crippen molar-refractivity contribution in [3.63, 3.8) is 0 Å². The Morgan fingerprint density at radius 1 is 1.33 bits per heavy atom. The van der Waals surface area contributed by atoms with Crippen molar-refractivity contribution in [2.75, 3.05) is 26.2 Å². The molecule has 3 heteroatoms. The Morgan fingerprint density at radius 2 is 2.05 bits per heavy atom. The minimum atomic E-state index is -0.600. The Morgan fingerprint density at radius 3 is 2.57 bits per heavy atom. The summed E-state index contributed by atoms with van der Waals surface area (Å²) in [7, 11) is 0. The lowest BCUT2D eigenvalue weighted by Crippen LogP contribution is -2.50. The van der Waals surface area contributed by atoms with Gasteiger partial charge in [-0.1, -0.05) is 51.1 Å². The molecule has 1 heterocycles. The molecule has 1 aromatic rings. The third-order valence-electron chi connectivity index (χ3n) is 4.35. The fourth-order valence-corrected chi connectivity index (χ4v) is 3.14. The normalized spacial score (nSPS) is 20.9. The van der Waals surface area contributed by atoms with E-state index in [1.54, 1.807) is 0 Å². The first-order valence-electron chi connectivity index (χ1n) is 7.95. The van der Waals surface area contributed by atoms with Crippen LogP contribution in [0, 0.1) is 16.7 Å². The van der Waals surface area contributed by atoms with Crippen molar-refractivity contribution in [2.45, 2.75) is 39.2 Å². The molecular formula is C18H27N3. The summed E-state index contributed by atoms with van der Waals surface area (Å²) in [5.41, 5.74) is 0.839. The van der Waals surface area contributed by atoms with Crippen LogP contribution in [0.3, 0.4) is 0 Å². The van der Waals surface area contributed by atoms with E-state index in [2.05, 4.69) is 49.2 Å². The van der Waals surface area contributed by atoms with Crippen molar-refractivity contribution in [3.8, 4) is 6.07 Å². The molecule has 1 aromatic carbocycles. The van der Waals surface area contributed by atoms with Crippen LogP contribution in [-0.2, 0) is 5.54 Å². The van der Waals surface area contributed by atoms with Gasteiger partial charge in [0.2, 0.25) is 0 Å². The molecule has 21 heavy (non-hydrogen) atoms. The van der Waals surface area contributed by atoms with Gasteiger partial charge in [0, 0.05) is 13.1 Å². The van der Waals surface area contributed by atoms with Gasteiger partial charge in [-0.3, -0.25) is 10.2 Å². The van der Waals surface area contributed by atoms with E-state index in [0.29, 0.717) is 5.41 Å². The van der Waals surface area contributed by atoms with Gasteiger partial charge in [-0.05, 0) is 36.9 Å². The van der Waals surface area contributed by atoms with Crippen LogP contribution in [0.1, 0.15) is 39.2 Å². The van der Waals surface area contributed by atoms with Crippen LogP contribution >= 0.6 is 0 Å². The van der Waals surface area contributed by atoms with Crippen molar-refractivity contribution in [1.82, 2.24) is 10.2 Å². The van der Waals surface area contributed by atoms with Crippen LogP contribution in [0.2, 0.25) is 0 Å². The highest BCUT2D eigenvalue weighted by atomic mass is 15.2. The Balaban J connectivity index is 2.22. The summed E-state index contributed by atoms with van der Waals surface area (Å²) in [6.45, 7) is 10.5. The third-order valence-corrected chi connectivity index (χ3v) is 4.35. The lowest BCUT2D eigenvalue weighted by molar-refractivity contribution is 0.228. The zero-order valence-electron chi connectivity index (χ0n) is 13.5. The molecule has 0 radical (unpaired) electrons. The summed E-state index contributed by atoms with van der Waals surface area (Å²) < 4.78 is 0.